The van der Waals surface area contributed by atoms with E-state index in [0.717, 1.165) is 57.8 Å². The molecule has 1 aliphatic rings. The summed E-state index contributed by atoms with van der Waals surface area (Å²) in [6.45, 7) is 3.25. The van der Waals surface area contributed by atoms with Crippen LogP contribution in [0.1, 0.15) is 206 Å². The Morgan fingerprint density at radius 3 is 1.56 bits per heavy atom. The van der Waals surface area contributed by atoms with Gasteiger partial charge in [0.1, 0.15) is 30.5 Å². The molecule has 0 spiro atoms. The third-order valence-electron chi connectivity index (χ3n) is 11.6. The first-order chi connectivity index (χ1) is 29.4. The SMILES string of the molecule is CCCCC/C=C\C=C/CCCCCCCC(O)C(=O)NC(COC1OC(CO)C(O)C(OS(=O)(=O)O)C1O)C(O)CCCCCCCCCCCCCCCCCCCC. The highest BCUT2D eigenvalue weighted by Crippen LogP contribution is 2.26. The fourth-order valence-electron chi connectivity index (χ4n) is 7.75. The number of amides is 1. The van der Waals surface area contributed by atoms with Gasteiger partial charge in [0.05, 0.1) is 25.4 Å². The Hall–Kier alpha value is -1.46. The van der Waals surface area contributed by atoms with Crippen LogP contribution in [-0.2, 0) is 28.9 Å². The molecule has 14 heteroatoms. The van der Waals surface area contributed by atoms with Crippen LogP contribution in [0.5, 0.6) is 0 Å². The van der Waals surface area contributed by atoms with Crippen molar-refractivity contribution in [2.45, 2.75) is 255 Å². The van der Waals surface area contributed by atoms with Gasteiger partial charge in [0.25, 0.3) is 0 Å². The molecule has 1 aliphatic heterocycles. The van der Waals surface area contributed by atoms with Crippen molar-refractivity contribution in [3.8, 4) is 0 Å². The summed E-state index contributed by atoms with van der Waals surface area (Å²) in [5, 5.41) is 55.4. The van der Waals surface area contributed by atoms with Gasteiger partial charge in [-0.2, -0.15) is 8.42 Å². The number of allylic oxidation sites excluding steroid dienone is 4. The van der Waals surface area contributed by atoms with Gasteiger partial charge in [-0.25, -0.2) is 4.18 Å². The fraction of sp³-hybridized carbons (Fsp3) is 0.894. The van der Waals surface area contributed by atoms with Crippen molar-refractivity contribution >= 4 is 16.3 Å². The summed E-state index contributed by atoms with van der Waals surface area (Å²) in [6.07, 6.45) is 30.7. The Bertz CT molecular complexity index is 1200. The number of nitrogens with one attached hydrogen (secondary N) is 1. The molecule has 13 nitrogen and oxygen atoms in total. The lowest BCUT2D eigenvalue weighted by molar-refractivity contribution is -0.298. The van der Waals surface area contributed by atoms with Crippen LogP contribution in [0.4, 0.5) is 0 Å². The van der Waals surface area contributed by atoms with Crippen LogP contribution in [0.25, 0.3) is 0 Å². The summed E-state index contributed by atoms with van der Waals surface area (Å²) in [7, 11) is -5.11. The molecule has 0 saturated carbocycles. The second kappa shape index (κ2) is 37.9. The molecule has 1 fully saturated rings. The summed E-state index contributed by atoms with van der Waals surface area (Å²) in [5.74, 6) is -0.681. The normalized spacial score (nSPS) is 21.3. The number of aliphatic hydroxyl groups is 5. The topological polar surface area (TPSA) is 212 Å². The molecule has 0 aliphatic carbocycles. The zero-order valence-electron chi connectivity index (χ0n) is 38.1. The lowest BCUT2D eigenvalue weighted by Crippen LogP contribution is -2.61. The molecule has 61 heavy (non-hydrogen) atoms. The molecule has 0 aromatic carbocycles. The second-order valence-corrected chi connectivity index (χ2v) is 18.3. The van der Waals surface area contributed by atoms with E-state index in [4.69, 9.17) is 9.47 Å². The number of aliphatic hydroxyl groups excluding tert-OH is 5. The van der Waals surface area contributed by atoms with E-state index in [0.29, 0.717) is 19.3 Å². The van der Waals surface area contributed by atoms with Gasteiger partial charge < -0.3 is 40.3 Å². The number of ether oxygens (including phenoxy) is 2. The number of hydrogen-bond donors (Lipinski definition) is 7. The number of hydrogen-bond acceptors (Lipinski definition) is 11. The summed E-state index contributed by atoms with van der Waals surface area (Å²) in [5.41, 5.74) is 0. The quantitative estimate of drug-likeness (QED) is 0.0175. The Kier molecular flexibility index (Phi) is 35.7. The molecule has 0 radical (unpaired) electrons. The maximum Gasteiger partial charge on any atom is 0.397 e. The van der Waals surface area contributed by atoms with Gasteiger partial charge in [-0.15, -0.1) is 0 Å². The predicted octanol–water partition coefficient (Wildman–Crippen LogP) is 8.69. The lowest BCUT2D eigenvalue weighted by atomic mass is 9.99. The van der Waals surface area contributed by atoms with Crippen molar-refractivity contribution in [2.24, 2.45) is 0 Å². The van der Waals surface area contributed by atoms with E-state index < -0.39 is 78.5 Å². The van der Waals surface area contributed by atoms with Crippen molar-refractivity contribution in [3.05, 3.63) is 24.3 Å². The third kappa shape index (κ3) is 30.3. The Balaban J connectivity index is 2.54. The largest absolute Gasteiger partial charge is 0.397 e. The van der Waals surface area contributed by atoms with Crippen LogP contribution in [0.2, 0.25) is 0 Å². The lowest BCUT2D eigenvalue weighted by Gasteiger charge is -2.41. The van der Waals surface area contributed by atoms with Crippen LogP contribution in [0.15, 0.2) is 24.3 Å². The maximum atomic E-state index is 13.1. The number of carbonyl (C=O) groups is 1. The monoisotopic (exact) mass is 892 g/mol. The highest BCUT2D eigenvalue weighted by molar-refractivity contribution is 7.80. The molecule has 8 unspecified atom stereocenters. The van der Waals surface area contributed by atoms with E-state index in [1.165, 1.54) is 109 Å². The number of rotatable bonds is 41. The van der Waals surface area contributed by atoms with Gasteiger partial charge in [-0.3, -0.25) is 9.35 Å². The van der Waals surface area contributed by atoms with Crippen molar-refractivity contribution in [1.29, 1.82) is 0 Å². The van der Waals surface area contributed by atoms with Crippen LogP contribution in [-0.4, -0.2) is 107 Å². The highest BCUT2D eigenvalue weighted by Gasteiger charge is 2.48. The zero-order chi connectivity index (χ0) is 45.0. The second-order valence-electron chi connectivity index (χ2n) is 17.2. The van der Waals surface area contributed by atoms with Crippen LogP contribution >= 0.6 is 0 Å². The average molecular weight is 892 g/mol. The molecule has 0 bridgehead atoms. The zero-order valence-corrected chi connectivity index (χ0v) is 38.9. The van der Waals surface area contributed by atoms with Gasteiger partial charge in [-0.1, -0.05) is 192 Å². The molecule has 1 rings (SSSR count). The summed E-state index contributed by atoms with van der Waals surface area (Å²) >= 11 is 0. The predicted molar refractivity (Wildman–Crippen MR) is 242 cm³/mol. The summed E-state index contributed by atoms with van der Waals surface area (Å²) < 4.78 is 47.6. The first-order valence-electron chi connectivity index (χ1n) is 24.3. The van der Waals surface area contributed by atoms with Crippen molar-refractivity contribution < 1.29 is 57.0 Å². The van der Waals surface area contributed by atoms with Gasteiger partial charge in [-0.05, 0) is 38.5 Å². The number of carbonyl (C=O) groups excluding carboxylic acids is 1. The minimum atomic E-state index is -5.11. The highest BCUT2D eigenvalue weighted by atomic mass is 32.3. The number of unbranched alkanes of at least 4 members (excludes halogenated alkanes) is 25. The van der Waals surface area contributed by atoms with E-state index in [1.54, 1.807) is 0 Å². The Morgan fingerprint density at radius 2 is 1.08 bits per heavy atom. The minimum Gasteiger partial charge on any atom is -0.394 e. The van der Waals surface area contributed by atoms with E-state index in [2.05, 4.69) is 47.7 Å². The molecule has 1 heterocycles. The van der Waals surface area contributed by atoms with E-state index in [1.807, 2.05) is 0 Å². The fourth-order valence-corrected chi connectivity index (χ4v) is 8.26. The molecule has 360 valence electrons. The van der Waals surface area contributed by atoms with E-state index >= 15 is 0 Å². The molecule has 8 atom stereocenters. The van der Waals surface area contributed by atoms with Gasteiger partial charge in [0.2, 0.25) is 5.91 Å². The smallest absolute Gasteiger partial charge is 0.394 e. The van der Waals surface area contributed by atoms with Crippen LogP contribution in [0.3, 0.4) is 0 Å². The van der Waals surface area contributed by atoms with Crippen molar-refractivity contribution in [3.63, 3.8) is 0 Å². The standard InChI is InChI=1S/C47H89NO12S/c1-3-5-7-9-11-13-15-17-19-20-21-22-24-25-27-29-31-33-35-40(50)39(38-58-47-44(53)45(60-61(55,56)57)43(52)42(37-49)59-47)48-46(54)41(51)36-34-32-30-28-26-23-18-16-14-12-10-8-6-4-2/h12,14,16,18,39-45,47,49-53H,3-11,13,15,17,19-38H2,1-2H3,(H,48,54)(H,55,56,57)/b14-12-,18-16-. The van der Waals surface area contributed by atoms with Gasteiger partial charge >= 0.3 is 10.4 Å². The molecule has 0 aromatic rings. The van der Waals surface area contributed by atoms with Crippen LogP contribution < -0.4 is 5.32 Å². The molecule has 1 amide bonds. The Labute approximate surface area is 370 Å². The van der Waals surface area contributed by atoms with E-state index in [-0.39, 0.29) is 6.42 Å². The van der Waals surface area contributed by atoms with Crippen LogP contribution in [0, 0.1) is 0 Å². The first kappa shape index (κ1) is 57.6. The molecular formula is C47H89NO12S. The summed E-state index contributed by atoms with van der Waals surface area (Å²) in [6, 6.07) is -1.04. The minimum absolute atomic E-state index is 0.243. The Morgan fingerprint density at radius 1 is 0.656 bits per heavy atom. The first-order valence-corrected chi connectivity index (χ1v) is 25.7. The maximum absolute atomic E-state index is 13.1. The van der Waals surface area contributed by atoms with Crippen molar-refractivity contribution in [2.75, 3.05) is 13.2 Å². The average Bonchev–Trinajstić information content (AvgIpc) is 3.23. The summed E-state index contributed by atoms with van der Waals surface area (Å²) in [4.78, 5) is 13.1. The van der Waals surface area contributed by atoms with Crippen molar-refractivity contribution in [1.82, 2.24) is 5.32 Å². The molecular weight excluding hydrogens is 803 g/mol. The molecule has 7 N–H and O–H groups in total. The molecule has 1 saturated heterocycles. The third-order valence-corrected chi connectivity index (χ3v) is 12.1. The van der Waals surface area contributed by atoms with Gasteiger partial charge in [0, 0.05) is 0 Å². The van der Waals surface area contributed by atoms with E-state index in [9.17, 15) is 43.3 Å². The van der Waals surface area contributed by atoms with Gasteiger partial charge in [0.15, 0.2) is 6.29 Å². The molecule has 0 aromatic heterocycles.